The van der Waals surface area contributed by atoms with E-state index in [1.165, 1.54) is 0 Å². The molecule has 1 fully saturated rings. The molecule has 0 aromatic rings. The molecule has 0 spiro atoms. The molecule has 18 heavy (non-hydrogen) atoms. The molecule has 1 saturated carbocycles. The van der Waals surface area contributed by atoms with Gasteiger partial charge in [0.1, 0.15) is 0 Å². The van der Waals surface area contributed by atoms with Crippen molar-refractivity contribution >= 4 is 11.9 Å². The van der Waals surface area contributed by atoms with Crippen LogP contribution < -0.4 is 10.6 Å². The van der Waals surface area contributed by atoms with E-state index in [4.69, 9.17) is 0 Å². The zero-order valence-electron chi connectivity index (χ0n) is 11.3. The van der Waals surface area contributed by atoms with Crippen molar-refractivity contribution in [2.45, 2.75) is 52.0 Å². The Kier molecular flexibility index (Phi) is 5.59. The van der Waals surface area contributed by atoms with Crippen LogP contribution in [0.2, 0.25) is 0 Å². The van der Waals surface area contributed by atoms with Crippen LogP contribution in [0.3, 0.4) is 0 Å². The van der Waals surface area contributed by atoms with E-state index < -0.39 is 11.4 Å². The third-order valence-electron chi connectivity index (χ3n) is 3.74. The van der Waals surface area contributed by atoms with Gasteiger partial charge in [0, 0.05) is 6.04 Å². The van der Waals surface area contributed by atoms with Crippen LogP contribution in [0.25, 0.3) is 0 Å². The van der Waals surface area contributed by atoms with Gasteiger partial charge < -0.3 is 15.7 Å². The van der Waals surface area contributed by atoms with Gasteiger partial charge in [-0.2, -0.15) is 0 Å². The van der Waals surface area contributed by atoms with Crippen LogP contribution in [-0.4, -0.2) is 36.1 Å². The first-order valence-corrected chi connectivity index (χ1v) is 6.74. The highest BCUT2D eigenvalue weighted by atomic mass is 16.4. The van der Waals surface area contributed by atoms with Gasteiger partial charge in [0.25, 0.3) is 0 Å². The molecular formula is C13H24N2O3. The summed E-state index contributed by atoms with van der Waals surface area (Å²) in [6.07, 6.45) is 4.26. The lowest BCUT2D eigenvalue weighted by atomic mass is 9.71. The molecule has 1 aliphatic carbocycles. The second-order valence-electron chi connectivity index (χ2n) is 5.27. The Bertz CT molecular complexity index is 307. The Morgan fingerprint density at radius 2 is 2.11 bits per heavy atom. The molecule has 0 aliphatic heterocycles. The molecule has 1 aliphatic rings. The second kappa shape index (κ2) is 6.73. The largest absolute Gasteiger partial charge is 0.481 e. The van der Waals surface area contributed by atoms with Crippen LogP contribution in [0.15, 0.2) is 0 Å². The van der Waals surface area contributed by atoms with E-state index in [2.05, 4.69) is 10.6 Å². The fourth-order valence-corrected chi connectivity index (χ4v) is 2.44. The summed E-state index contributed by atoms with van der Waals surface area (Å²) in [7, 11) is 0. The van der Waals surface area contributed by atoms with Crippen molar-refractivity contribution in [3.8, 4) is 0 Å². The number of rotatable bonds is 6. The number of hydrogen-bond donors (Lipinski definition) is 3. The lowest BCUT2D eigenvalue weighted by Gasteiger charge is -2.38. The molecule has 104 valence electrons. The number of nitrogens with one attached hydrogen (secondary N) is 2. The number of amides is 1. The second-order valence-corrected chi connectivity index (χ2v) is 5.27. The molecular weight excluding hydrogens is 232 g/mol. The van der Waals surface area contributed by atoms with Crippen molar-refractivity contribution in [3.63, 3.8) is 0 Å². The third kappa shape index (κ3) is 3.70. The maximum Gasteiger partial charge on any atom is 0.311 e. The van der Waals surface area contributed by atoms with Gasteiger partial charge in [-0.1, -0.05) is 19.8 Å². The van der Waals surface area contributed by atoms with Crippen molar-refractivity contribution in [2.75, 3.05) is 13.1 Å². The molecule has 3 N–H and O–H groups in total. The number of carbonyl (C=O) groups is 2. The smallest absolute Gasteiger partial charge is 0.311 e. The summed E-state index contributed by atoms with van der Waals surface area (Å²) in [5, 5.41) is 15.2. The number of carboxylic acid groups (broad SMARTS) is 1. The van der Waals surface area contributed by atoms with Gasteiger partial charge in [-0.05, 0) is 32.7 Å². The lowest BCUT2D eigenvalue weighted by molar-refractivity contribution is -0.152. The van der Waals surface area contributed by atoms with E-state index >= 15 is 0 Å². The quantitative estimate of drug-likeness (QED) is 0.623. The van der Waals surface area contributed by atoms with Gasteiger partial charge >= 0.3 is 5.97 Å². The van der Waals surface area contributed by atoms with Crippen LogP contribution >= 0.6 is 0 Å². The summed E-state index contributed by atoms with van der Waals surface area (Å²) in [6.45, 7) is 4.83. The standard InChI is InChI=1S/C13H24N2O3/c1-3-8-14-9-11(16)15-10-6-4-5-7-13(10,2)12(17)18/h10,14H,3-9H2,1-2H3,(H,15,16)(H,17,18). The minimum atomic E-state index is -0.821. The minimum Gasteiger partial charge on any atom is -0.481 e. The molecule has 0 heterocycles. The molecule has 0 radical (unpaired) electrons. The highest BCUT2D eigenvalue weighted by molar-refractivity contribution is 5.81. The van der Waals surface area contributed by atoms with Crippen LogP contribution in [-0.2, 0) is 9.59 Å². The summed E-state index contributed by atoms with van der Waals surface area (Å²) in [5.74, 6) is -0.920. The van der Waals surface area contributed by atoms with Gasteiger partial charge in [-0.25, -0.2) is 0 Å². The van der Waals surface area contributed by atoms with Gasteiger partial charge in [-0.15, -0.1) is 0 Å². The Morgan fingerprint density at radius 1 is 1.39 bits per heavy atom. The van der Waals surface area contributed by atoms with E-state index in [-0.39, 0.29) is 18.5 Å². The van der Waals surface area contributed by atoms with Crippen molar-refractivity contribution in [1.29, 1.82) is 0 Å². The van der Waals surface area contributed by atoms with Crippen molar-refractivity contribution < 1.29 is 14.7 Å². The third-order valence-corrected chi connectivity index (χ3v) is 3.74. The SMILES string of the molecule is CCCNCC(=O)NC1CCCCC1(C)C(=O)O. The fourth-order valence-electron chi connectivity index (χ4n) is 2.44. The van der Waals surface area contributed by atoms with Crippen molar-refractivity contribution in [3.05, 3.63) is 0 Å². The molecule has 5 heteroatoms. The summed E-state index contributed by atoms with van der Waals surface area (Å²) >= 11 is 0. The van der Waals surface area contributed by atoms with E-state index in [9.17, 15) is 14.7 Å². The number of aliphatic carboxylic acids is 1. The van der Waals surface area contributed by atoms with Gasteiger partial charge in [0.15, 0.2) is 0 Å². The van der Waals surface area contributed by atoms with Crippen LogP contribution in [0.5, 0.6) is 0 Å². The Hall–Kier alpha value is -1.10. The zero-order chi connectivity index (χ0) is 13.6. The molecule has 0 bridgehead atoms. The van der Waals surface area contributed by atoms with Crippen LogP contribution in [0, 0.1) is 5.41 Å². The summed E-state index contributed by atoms with van der Waals surface area (Å²) in [6, 6.07) is -0.250. The topological polar surface area (TPSA) is 78.4 Å². The first-order chi connectivity index (χ1) is 8.50. The summed E-state index contributed by atoms with van der Waals surface area (Å²) in [4.78, 5) is 23.1. The molecule has 1 amide bonds. The predicted octanol–water partition coefficient (Wildman–Crippen LogP) is 1.14. The van der Waals surface area contributed by atoms with E-state index in [0.29, 0.717) is 6.42 Å². The number of carbonyl (C=O) groups excluding carboxylic acids is 1. The lowest BCUT2D eigenvalue weighted by Crippen LogP contribution is -2.53. The van der Waals surface area contributed by atoms with Crippen LogP contribution in [0.1, 0.15) is 46.0 Å². The normalized spacial score (nSPS) is 27.8. The first-order valence-electron chi connectivity index (χ1n) is 6.74. The maximum absolute atomic E-state index is 11.7. The Morgan fingerprint density at radius 3 is 2.72 bits per heavy atom. The van der Waals surface area contributed by atoms with E-state index in [1.54, 1.807) is 6.92 Å². The molecule has 0 aromatic heterocycles. The van der Waals surface area contributed by atoms with Gasteiger partial charge in [0.05, 0.1) is 12.0 Å². The molecule has 1 rings (SSSR count). The minimum absolute atomic E-state index is 0.108. The average Bonchev–Trinajstić information content (AvgIpc) is 2.32. The monoisotopic (exact) mass is 256 g/mol. The van der Waals surface area contributed by atoms with Gasteiger partial charge in [0.2, 0.25) is 5.91 Å². The molecule has 2 unspecified atom stereocenters. The van der Waals surface area contributed by atoms with Gasteiger partial charge in [-0.3, -0.25) is 9.59 Å². The highest BCUT2D eigenvalue weighted by Crippen LogP contribution is 2.36. The molecule has 0 aromatic carbocycles. The summed E-state index contributed by atoms with van der Waals surface area (Å²) < 4.78 is 0. The maximum atomic E-state index is 11.7. The summed E-state index contributed by atoms with van der Waals surface area (Å²) in [5.41, 5.74) is -0.821. The number of hydrogen-bond acceptors (Lipinski definition) is 3. The number of carboxylic acids is 1. The van der Waals surface area contributed by atoms with Crippen molar-refractivity contribution in [1.82, 2.24) is 10.6 Å². The average molecular weight is 256 g/mol. The van der Waals surface area contributed by atoms with E-state index in [0.717, 1.165) is 32.2 Å². The van der Waals surface area contributed by atoms with Crippen LogP contribution in [0.4, 0.5) is 0 Å². The Labute approximate surface area is 108 Å². The highest BCUT2D eigenvalue weighted by Gasteiger charge is 2.43. The van der Waals surface area contributed by atoms with Crippen molar-refractivity contribution in [2.24, 2.45) is 5.41 Å². The molecule has 2 atom stereocenters. The van der Waals surface area contributed by atoms with E-state index in [1.807, 2.05) is 6.92 Å². The zero-order valence-corrected chi connectivity index (χ0v) is 11.3. The Balaban J connectivity index is 2.52. The first kappa shape index (κ1) is 15.0. The molecule has 5 nitrogen and oxygen atoms in total. The fraction of sp³-hybridized carbons (Fsp3) is 0.846. The molecule has 0 saturated heterocycles. The predicted molar refractivity (Wildman–Crippen MR) is 69.3 cm³/mol.